The highest BCUT2D eigenvalue weighted by Crippen LogP contribution is 2.36. The second-order valence-electron chi connectivity index (χ2n) is 3.74. The molecule has 1 unspecified atom stereocenters. The Morgan fingerprint density at radius 3 is 2.30 bits per heavy atom. The number of ether oxygens (including phenoxy) is 1. The van der Waals surface area contributed by atoms with Gasteiger partial charge < -0.3 is 4.74 Å². The van der Waals surface area contributed by atoms with E-state index in [4.69, 9.17) is 4.74 Å². The third kappa shape index (κ3) is 2.30. The van der Waals surface area contributed by atoms with Crippen molar-refractivity contribution in [1.82, 2.24) is 0 Å². The van der Waals surface area contributed by atoms with Crippen LogP contribution in [0.4, 0.5) is 0 Å². The highest BCUT2D eigenvalue weighted by Gasteiger charge is 2.31. The van der Waals surface area contributed by atoms with Crippen molar-refractivity contribution in [3.05, 3.63) is 0 Å². The van der Waals surface area contributed by atoms with Crippen LogP contribution in [0.2, 0.25) is 0 Å². The number of rotatable bonds is 4. The first-order valence-corrected chi connectivity index (χ1v) is 4.26. The molecule has 0 bridgehead atoms. The molecule has 60 valence electrons. The summed E-state index contributed by atoms with van der Waals surface area (Å²) in [5.41, 5.74) is 0. The van der Waals surface area contributed by atoms with Crippen LogP contribution in [0.5, 0.6) is 0 Å². The van der Waals surface area contributed by atoms with Gasteiger partial charge in [0.2, 0.25) is 0 Å². The van der Waals surface area contributed by atoms with E-state index in [1.807, 2.05) is 7.11 Å². The van der Waals surface area contributed by atoms with E-state index in [9.17, 15) is 0 Å². The molecule has 1 atom stereocenters. The molecule has 0 aliphatic heterocycles. The molecule has 1 fully saturated rings. The molecule has 1 saturated carbocycles. The summed E-state index contributed by atoms with van der Waals surface area (Å²) in [7, 11) is 1.84. The smallest absolute Gasteiger partial charge is 0.0601 e. The van der Waals surface area contributed by atoms with Gasteiger partial charge in [0.1, 0.15) is 0 Å². The Kier molecular flexibility index (Phi) is 2.72. The lowest BCUT2D eigenvalue weighted by atomic mass is 10.0. The summed E-state index contributed by atoms with van der Waals surface area (Å²) >= 11 is 0. The van der Waals surface area contributed by atoms with Gasteiger partial charge in [-0.05, 0) is 31.1 Å². The minimum absolute atomic E-state index is 0.556. The molecular formula is C9H18O. The lowest BCUT2D eigenvalue weighted by Crippen LogP contribution is -2.15. The quantitative estimate of drug-likeness (QED) is 0.586. The molecule has 0 spiro atoms. The van der Waals surface area contributed by atoms with Gasteiger partial charge in [-0.25, -0.2) is 0 Å². The summed E-state index contributed by atoms with van der Waals surface area (Å²) in [5, 5.41) is 0. The van der Waals surface area contributed by atoms with Crippen LogP contribution >= 0.6 is 0 Å². The fourth-order valence-corrected chi connectivity index (χ4v) is 1.41. The number of hydrogen-bond acceptors (Lipinski definition) is 1. The van der Waals surface area contributed by atoms with Crippen molar-refractivity contribution in [3.63, 3.8) is 0 Å². The zero-order chi connectivity index (χ0) is 7.56. The molecule has 0 heterocycles. The molecule has 0 N–H and O–H groups in total. The molecule has 0 saturated heterocycles. The van der Waals surface area contributed by atoms with Crippen molar-refractivity contribution in [2.75, 3.05) is 7.11 Å². The van der Waals surface area contributed by atoms with Crippen molar-refractivity contribution in [2.24, 2.45) is 11.8 Å². The third-order valence-electron chi connectivity index (χ3n) is 2.15. The fraction of sp³-hybridized carbons (Fsp3) is 1.00. The molecule has 1 rings (SSSR count). The van der Waals surface area contributed by atoms with Gasteiger partial charge in [0.15, 0.2) is 0 Å². The minimum Gasteiger partial charge on any atom is -0.381 e. The lowest BCUT2D eigenvalue weighted by molar-refractivity contribution is 0.0669. The summed E-state index contributed by atoms with van der Waals surface area (Å²) < 4.78 is 5.39. The van der Waals surface area contributed by atoms with Gasteiger partial charge in [-0.3, -0.25) is 0 Å². The maximum Gasteiger partial charge on any atom is 0.0601 e. The summed E-state index contributed by atoms with van der Waals surface area (Å²) in [5.74, 6) is 1.68. The molecule has 0 radical (unpaired) electrons. The van der Waals surface area contributed by atoms with Crippen LogP contribution in [0, 0.1) is 11.8 Å². The number of hydrogen-bond donors (Lipinski definition) is 0. The third-order valence-corrected chi connectivity index (χ3v) is 2.15. The lowest BCUT2D eigenvalue weighted by Gasteiger charge is -2.15. The summed E-state index contributed by atoms with van der Waals surface area (Å²) in [4.78, 5) is 0. The Morgan fingerprint density at radius 1 is 1.40 bits per heavy atom. The van der Waals surface area contributed by atoms with Gasteiger partial charge >= 0.3 is 0 Å². The van der Waals surface area contributed by atoms with E-state index in [-0.39, 0.29) is 0 Å². The minimum atomic E-state index is 0.556. The summed E-state index contributed by atoms with van der Waals surface area (Å²) in [6.45, 7) is 4.52. The Labute approximate surface area is 63.8 Å². The van der Waals surface area contributed by atoms with Crippen LogP contribution in [0.1, 0.15) is 33.1 Å². The zero-order valence-electron chi connectivity index (χ0n) is 7.26. The van der Waals surface area contributed by atoms with Gasteiger partial charge in [-0.15, -0.1) is 0 Å². The van der Waals surface area contributed by atoms with Gasteiger partial charge in [-0.2, -0.15) is 0 Å². The molecule has 1 aliphatic rings. The molecule has 0 aromatic heterocycles. The Balaban J connectivity index is 2.19. The first-order valence-electron chi connectivity index (χ1n) is 4.26. The Bertz CT molecular complexity index is 94.9. The summed E-state index contributed by atoms with van der Waals surface area (Å²) in [6.07, 6.45) is 4.58. The van der Waals surface area contributed by atoms with Crippen LogP contribution < -0.4 is 0 Å². The molecule has 10 heavy (non-hydrogen) atoms. The van der Waals surface area contributed by atoms with E-state index in [1.54, 1.807) is 0 Å². The predicted octanol–water partition coefficient (Wildman–Crippen LogP) is 2.46. The molecular weight excluding hydrogens is 124 g/mol. The average molecular weight is 142 g/mol. The van der Waals surface area contributed by atoms with E-state index in [1.165, 1.54) is 19.3 Å². The van der Waals surface area contributed by atoms with Gasteiger partial charge in [0.05, 0.1) is 6.10 Å². The highest BCUT2D eigenvalue weighted by molar-refractivity contribution is 4.82. The molecule has 0 amide bonds. The largest absolute Gasteiger partial charge is 0.381 e. The van der Waals surface area contributed by atoms with E-state index in [0.29, 0.717) is 6.10 Å². The van der Waals surface area contributed by atoms with Crippen molar-refractivity contribution in [3.8, 4) is 0 Å². The normalized spacial score (nSPS) is 21.6. The summed E-state index contributed by atoms with van der Waals surface area (Å²) in [6, 6.07) is 0. The molecule has 0 aromatic carbocycles. The first-order chi connectivity index (χ1) is 4.74. The standard InChI is InChI=1S/C9H18O/c1-7(2)6-9(10-3)8-4-5-8/h7-9H,4-6H2,1-3H3. The van der Waals surface area contributed by atoms with Crippen molar-refractivity contribution >= 4 is 0 Å². The zero-order valence-corrected chi connectivity index (χ0v) is 7.26. The molecule has 1 aliphatic carbocycles. The van der Waals surface area contributed by atoms with Crippen LogP contribution in [0.15, 0.2) is 0 Å². The molecule has 1 nitrogen and oxygen atoms in total. The van der Waals surface area contributed by atoms with Crippen LogP contribution in [-0.4, -0.2) is 13.2 Å². The monoisotopic (exact) mass is 142 g/mol. The second kappa shape index (κ2) is 3.38. The van der Waals surface area contributed by atoms with Crippen molar-refractivity contribution < 1.29 is 4.74 Å². The van der Waals surface area contributed by atoms with Gasteiger partial charge in [0, 0.05) is 7.11 Å². The molecule has 1 heteroatoms. The first kappa shape index (κ1) is 8.06. The van der Waals surface area contributed by atoms with Crippen LogP contribution in [0.3, 0.4) is 0 Å². The maximum absolute atomic E-state index is 5.39. The van der Waals surface area contributed by atoms with E-state index in [0.717, 1.165) is 11.8 Å². The van der Waals surface area contributed by atoms with Gasteiger partial charge in [0.25, 0.3) is 0 Å². The van der Waals surface area contributed by atoms with Gasteiger partial charge in [-0.1, -0.05) is 13.8 Å². The Hall–Kier alpha value is -0.0400. The fourth-order valence-electron chi connectivity index (χ4n) is 1.41. The topological polar surface area (TPSA) is 9.23 Å². The van der Waals surface area contributed by atoms with E-state index in [2.05, 4.69) is 13.8 Å². The van der Waals surface area contributed by atoms with Crippen LogP contribution in [-0.2, 0) is 4.74 Å². The second-order valence-corrected chi connectivity index (χ2v) is 3.74. The highest BCUT2D eigenvalue weighted by atomic mass is 16.5. The van der Waals surface area contributed by atoms with Crippen molar-refractivity contribution in [1.29, 1.82) is 0 Å². The maximum atomic E-state index is 5.39. The predicted molar refractivity (Wildman–Crippen MR) is 43.0 cm³/mol. The Morgan fingerprint density at radius 2 is 2.00 bits per heavy atom. The SMILES string of the molecule is COC(CC(C)C)C1CC1. The van der Waals surface area contributed by atoms with E-state index < -0.39 is 0 Å². The van der Waals surface area contributed by atoms with E-state index >= 15 is 0 Å². The average Bonchev–Trinajstić information content (AvgIpc) is 2.63. The number of methoxy groups -OCH3 is 1. The molecule has 0 aromatic rings. The van der Waals surface area contributed by atoms with Crippen LogP contribution in [0.25, 0.3) is 0 Å². The van der Waals surface area contributed by atoms with Crippen molar-refractivity contribution in [2.45, 2.75) is 39.2 Å².